The van der Waals surface area contributed by atoms with Crippen molar-refractivity contribution in [2.45, 2.75) is 69.2 Å². The topological polar surface area (TPSA) is 113 Å². The largest absolute Gasteiger partial charge is 0.388 e. The van der Waals surface area contributed by atoms with E-state index >= 15 is 0 Å². The molecule has 1 saturated heterocycles. The number of fused-ring (bicyclic) bond motifs is 1. The van der Waals surface area contributed by atoms with E-state index in [1.165, 1.54) is 11.8 Å². The third-order valence-electron chi connectivity index (χ3n) is 5.23. The molecular formula is C20H33N4O4PS. The number of unbranched alkanes of at least 4 members (excludes halogenated alkanes) is 2. The molecule has 0 unspecified atom stereocenters. The maximum absolute atomic E-state index is 12.4. The summed E-state index contributed by atoms with van der Waals surface area (Å²) in [5, 5.41) is 22.0. The number of aromatic amines is 1. The highest BCUT2D eigenvalue weighted by Gasteiger charge is 2.45. The Balaban J connectivity index is 1.96. The van der Waals surface area contributed by atoms with Crippen molar-refractivity contribution in [2.24, 2.45) is 0 Å². The lowest BCUT2D eigenvalue weighted by Gasteiger charge is -2.20. The third kappa shape index (κ3) is 5.19. The Kier molecular flexibility index (Phi) is 7.51. The molecule has 2 aromatic rings. The SMILES string of the molecule is C=P(C)(C)CC[C@H]1O[C@@H](n2c(SCCCCC)nc3c(=O)[nH]c(C)nc32)[C@H](O)[C@@H]1O. The molecule has 30 heavy (non-hydrogen) atoms. The fourth-order valence-corrected chi connectivity index (χ4v) is 5.55. The Morgan fingerprint density at radius 2 is 2.00 bits per heavy atom. The number of rotatable bonds is 9. The minimum absolute atomic E-state index is 0.220. The van der Waals surface area contributed by atoms with E-state index < -0.39 is 31.4 Å². The second-order valence-electron chi connectivity index (χ2n) is 8.64. The third-order valence-corrected chi connectivity index (χ3v) is 7.73. The number of aromatic nitrogens is 4. The van der Waals surface area contributed by atoms with E-state index in [1.54, 1.807) is 11.5 Å². The molecule has 4 atom stereocenters. The van der Waals surface area contributed by atoms with Gasteiger partial charge in [0.05, 0.1) is 6.10 Å². The maximum atomic E-state index is 12.4. The Labute approximate surface area is 181 Å². The minimum atomic E-state index is -1.28. The van der Waals surface area contributed by atoms with Crippen molar-refractivity contribution in [3.05, 3.63) is 16.2 Å². The zero-order valence-electron chi connectivity index (χ0n) is 18.2. The number of thioether (sulfide) groups is 1. The normalized spacial score (nSPS) is 24.7. The van der Waals surface area contributed by atoms with Gasteiger partial charge in [0.2, 0.25) is 0 Å². The summed E-state index contributed by atoms with van der Waals surface area (Å²) >= 11 is 1.52. The standard InChI is InChI=1S/C20H33N4O4PS/c1-6-7-8-11-30-20-23-14-17(21-12(2)22-18(14)27)24(20)19-16(26)15(25)13(28-19)9-10-29(3,4)5/h13,15-16,19,25-26H,3,6-11H2,1-2,4-5H3,(H,21,22,27)/t13-,15-,16-,19-/m1/s1. The lowest BCUT2D eigenvalue weighted by molar-refractivity contribution is -0.0400. The monoisotopic (exact) mass is 456 g/mol. The molecule has 2 aromatic heterocycles. The van der Waals surface area contributed by atoms with Crippen LogP contribution >= 0.6 is 18.6 Å². The van der Waals surface area contributed by atoms with Gasteiger partial charge in [-0.15, -0.1) is 13.2 Å². The summed E-state index contributed by atoms with van der Waals surface area (Å²) in [6.45, 7) is 6.84. The van der Waals surface area contributed by atoms with Crippen molar-refractivity contribution in [3.63, 3.8) is 0 Å². The summed E-state index contributed by atoms with van der Waals surface area (Å²) in [6.07, 6.45) is 5.45. The van der Waals surface area contributed by atoms with Gasteiger partial charge in [-0.2, -0.15) is 0 Å². The van der Waals surface area contributed by atoms with Crippen molar-refractivity contribution in [3.8, 4) is 0 Å². The van der Waals surface area contributed by atoms with Gasteiger partial charge in [0.1, 0.15) is 18.0 Å². The molecule has 0 saturated carbocycles. The molecule has 10 heteroatoms. The summed E-state index contributed by atoms with van der Waals surface area (Å²) in [5.41, 5.74) is 0.271. The Hall–Kier alpha value is -1.12. The molecule has 8 nitrogen and oxygen atoms in total. The van der Waals surface area contributed by atoms with Crippen molar-refractivity contribution < 1.29 is 14.9 Å². The summed E-state index contributed by atoms with van der Waals surface area (Å²) in [7, 11) is 0. The number of hydrogen-bond acceptors (Lipinski definition) is 7. The van der Waals surface area contributed by atoms with Crippen LogP contribution in [0.1, 0.15) is 44.7 Å². The smallest absolute Gasteiger partial charge is 0.279 e. The Bertz CT molecular complexity index is 985. The van der Waals surface area contributed by atoms with E-state index in [4.69, 9.17) is 4.74 Å². The molecule has 3 rings (SSSR count). The van der Waals surface area contributed by atoms with Gasteiger partial charge >= 0.3 is 0 Å². The van der Waals surface area contributed by atoms with E-state index in [9.17, 15) is 15.0 Å². The number of hydrogen-bond donors (Lipinski definition) is 3. The molecule has 1 aliphatic rings. The van der Waals surface area contributed by atoms with Crippen LogP contribution in [0.25, 0.3) is 11.2 Å². The van der Waals surface area contributed by atoms with Crippen LogP contribution in [-0.4, -0.2) is 79.6 Å². The summed E-state index contributed by atoms with van der Waals surface area (Å²) in [5.74, 6) is 1.30. The minimum Gasteiger partial charge on any atom is -0.388 e. The lowest BCUT2D eigenvalue weighted by Crippen LogP contribution is -2.32. The number of nitrogens with one attached hydrogen (secondary N) is 1. The fraction of sp³-hybridized carbons (Fsp3) is 0.700. The number of H-pyrrole nitrogens is 1. The van der Waals surface area contributed by atoms with E-state index in [-0.39, 0.29) is 11.1 Å². The molecule has 0 amide bonds. The summed E-state index contributed by atoms with van der Waals surface area (Å²) in [4.78, 5) is 24.1. The number of nitrogens with zero attached hydrogens (tertiary/aromatic N) is 3. The molecule has 0 bridgehead atoms. The van der Waals surface area contributed by atoms with Gasteiger partial charge in [-0.05, 0) is 39.3 Å². The number of aliphatic hydroxyl groups is 2. The van der Waals surface area contributed by atoms with Gasteiger partial charge in [0.15, 0.2) is 22.5 Å². The van der Waals surface area contributed by atoms with Crippen LogP contribution in [0, 0.1) is 6.92 Å². The highest BCUT2D eigenvalue weighted by atomic mass is 32.2. The van der Waals surface area contributed by atoms with Gasteiger partial charge in [-0.1, -0.05) is 31.5 Å². The van der Waals surface area contributed by atoms with Crippen LogP contribution in [0.2, 0.25) is 0 Å². The second-order valence-corrected chi connectivity index (χ2v) is 14.0. The van der Waals surface area contributed by atoms with Gasteiger partial charge in [0.25, 0.3) is 5.56 Å². The van der Waals surface area contributed by atoms with E-state index in [2.05, 4.69) is 41.5 Å². The molecule has 0 aliphatic carbocycles. The molecule has 0 spiro atoms. The second kappa shape index (κ2) is 9.57. The maximum Gasteiger partial charge on any atom is 0.279 e. The summed E-state index contributed by atoms with van der Waals surface area (Å²) in [6, 6.07) is 0. The van der Waals surface area contributed by atoms with E-state index in [0.717, 1.165) is 31.2 Å². The number of aliphatic hydroxyl groups excluding tert-OH is 2. The van der Waals surface area contributed by atoms with Crippen LogP contribution in [-0.2, 0) is 4.74 Å². The average molecular weight is 457 g/mol. The van der Waals surface area contributed by atoms with Crippen molar-refractivity contribution in [2.75, 3.05) is 25.2 Å². The Morgan fingerprint density at radius 1 is 1.27 bits per heavy atom. The zero-order chi connectivity index (χ0) is 22.1. The molecular weight excluding hydrogens is 423 g/mol. The lowest BCUT2D eigenvalue weighted by atomic mass is 10.1. The van der Waals surface area contributed by atoms with Crippen molar-refractivity contribution in [1.29, 1.82) is 0 Å². The predicted molar refractivity (Wildman–Crippen MR) is 124 cm³/mol. The molecule has 1 fully saturated rings. The predicted octanol–water partition coefficient (Wildman–Crippen LogP) is 2.43. The van der Waals surface area contributed by atoms with Crippen LogP contribution < -0.4 is 5.56 Å². The zero-order valence-corrected chi connectivity index (χ0v) is 19.9. The average Bonchev–Trinajstić information content (AvgIpc) is 3.15. The molecule has 1 aliphatic heterocycles. The van der Waals surface area contributed by atoms with Crippen LogP contribution in [0.15, 0.2) is 9.95 Å². The molecule has 3 heterocycles. The summed E-state index contributed by atoms with van der Waals surface area (Å²) < 4.78 is 7.82. The van der Waals surface area contributed by atoms with Crippen molar-refractivity contribution in [1.82, 2.24) is 19.5 Å². The van der Waals surface area contributed by atoms with Crippen LogP contribution in [0.4, 0.5) is 0 Å². The molecule has 168 valence electrons. The Morgan fingerprint density at radius 3 is 2.67 bits per heavy atom. The van der Waals surface area contributed by atoms with E-state index in [0.29, 0.717) is 23.0 Å². The van der Waals surface area contributed by atoms with Crippen molar-refractivity contribution >= 4 is 36.1 Å². The quantitative estimate of drug-likeness (QED) is 0.302. The van der Waals surface area contributed by atoms with Gasteiger partial charge in [0, 0.05) is 5.75 Å². The highest BCUT2D eigenvalue weighted by Crippen LogP contribution is 2.41. The number of ether oxygens (including phenoxy) is 1. The van der Waals surface area contributed by atoms with E-state index in [1.807, 2.05) is 0 Å². The molecule has 3 N–H and O–H groups in total. The molecule has 0 radical (unpaired) electrons. The van der Waals surface area contributed by atoms with Gasteiger partial charge in [-0.3, -0.25) is 9.36 Å². The van der Waals surface area contributed by atoms with Crippen LogP contribution in [0.5, 0.6) is 0 Å². The first-order valence-corrected chi connectivity index (χ1v) is 14.5. The number of aryl methyl sites for hydroxylation is 1. The number of imidazole rings is 1. The van der Waals surface area contributed by atoms with Gasteiger partial charge in [-0.25, -0.2) is 9.97 Å². The van der Waals surface area contributed by atoms with Gasteiger partial charge < -0.3 is 19.9 Å². The first kappa shape index (κ1) is 23.5. The first-order chi connectivity index (χ1) is 14.1. The molecule has 0 aromatic carbocycles. The highest BCUT2D eigenvalue weighted by molar-refractivity contribution is 7.99. The van der Waals surface area contributed by atoms with Crippen LogP contribution in [0.3, 0.4) is 0 Å². The fourth-order valence-electron chi connectivity index (χ4n) is 3.58. The first-order valence-electron chi connectivity index (χ1n) is 10.4.